The maximum atomic E-state index is 13.2. The SMILES string of the molecule is COc1ccc(NC(=O)CSc2nnc(-c3cccc(F)c3)o2)cc1Cl. The van der Waals surface area contributed by atoms with Crippen LogP contribution in [-0.2, 0) is 4.79 Å². The Balaban J connectivity index is 1.57. The van der Waals surface area contributed by atoms with Crippen LogP contribution in [0.15, 0.2) is 52.1 Å². The molecule has 6 nitrogen and oxygen atoms in total. The molecule has 26 heavy (non-hydrogen) atoms. The average molecular weight is 394 g/mol. The van der Waals surface area contributed by atoms with Gasteiger partial charge in [0.1, 0.15) is 11.6 Å². The van der Waals surface area contributed by atoms with E-state index in [-0.39, 0.29) is 22.8 Å². The Kier molecular flexibility index (Phi) is 5.75. The van der Waals surface area contributed by atoms with Gasteiger partial charge >= 0.3 is 0 Å². The summed E-state index contributed by atoms with van der Waals surface area (Å²) in [5, 5.41) is 11.0. The minimum Gasteiger partial charge on any atom is -0.495 e. The summed E-state index contributed by atoms with van der Waals surface area (Å²) in [6.07, 6.45) is 0. The number of thioether (sulfide) groups is 1. The first-order valence-electron chi connectivity index (χ1n) is 7.41. The van der Waals surface area contributed by atoms with Crippen molar-refractivity contribution < 1.29 is 18.3 Å². The van der Waals surface area contributed by atoms with Crippen molar-refractivity contribution in [2.45, 2.75) is 5.22 Å². The van der Waals surface area contributed by atoms with E-state index in [9.17, 15) is 9.18 Å². The van der Waals surface area contributed by atoms with E-state index in [1.54, 1.807) is 30.3 Å². The summed E-state index contributed by atoms with van der Waals surface area (Å²) in [4.78, 5) is 12.0. The summed E-state index contributed by atoms with van der Waals surface area (Å²) in [5.41, 5.74) is 1.02. The van der Waals surface area contributed by atoms with Crippen LogP contribution in [0, 0.1) is 5.82 Å². The number of nitrogens with zero attached hydrogens (tertiary/aromatic N) is 2. The molecule has 0 radical (unpaired) electrons. The molecule has 0 spiro atoms. The summed E-state index contributed by atoms with van der Waals surface area (Å²) < 4.78 is 23.7. The first-order chi connectivity index (χ1) is 12.5. The summed E-state index contributed by atoms with van der Waals surface area (Å²) >= 11 is 7.09. The number of nitrogens with one attached hydrogen (secondary N) is 1. The van der Waals surface area contributed by atoms with Crippen LogP contribution < -0.4 is 10.1 Å². The van der Waals surface area contributed by atoms with Gasteiger partial charge in [0.05, 0.1) is 17.9 Å². The van der Waals surface area contributed by atoms with Crippen LogP contribution in [0.3, 0.4) is 0 Å². The Morgan fingerprint density at radius 3 is 2.88 bits per heavy atom. The van der Waals surface area contributed by atoms with Gasteiger partial charge in [-0.2, -0.15) is 0 Å². The number of rotatable bonds is 6. The van der Waals surface area contributed by atoms with E-state index in [4.69, 9.17) is 20.8 Å². The van der Waals surface area contributed by atoms with Gasteiger partial charge in [0.2, 0.25) is 11.8 Å². The van der Waals surface area contributed by atoms with Gasteiger partial charge in [-0.3, -0.25) is 4.79 Å². The van der Waals surface area contributed by atoms with Crippen LogP contribution in [-0.4, -0.2) is 29.0 Å². The average Bonchev–Trinajstić information content (AvgIpc) is 3.09. The Morgan fingerprint density at radius 1 is 1.31 bits per heavy atom. The largest absolute Gasteiger partial charge is 0.495 e. The van der Waals surface area contributed by atoms with Crippen molar-refractivity contribution in [2.24, 2.45) is 0 Å². The number of ether oxygens (including phenoxy) is 1. The van der Waals surface area contributed by atoms with Crippen molar-refractivity contribution in [3.05, 3.63) is 53.3 Å². The molecule has 134 valence electrons. The highest BCUT2D eigenvalue weighted by Crippen LogP contribution is 2.28. The van der Waals surface area contributed by atoms with E-state index in [2.05, 4.69) is 15.5 Å². The van der Waals surface area contributed by atoms with Crippen LogP contribution in [0.2, 0.25) is 5.02 Å². The van der Waals surface area contributed by atoms with E-state index in [1.165, 1.54) is 19.2 Å². The molecule has 1 aromatic heterocycles. The monoisotopic (exact) mass is 393 g/mol. The summed E-state index contributed by atoms with van der Waals surface area (Å²) in [5.74, 6) is 0.118. The third-order valence-corrected chi connectivity index (χ3v) is 4.35. The third-order valence-electron chi connectivity index (χ3n) is 3.24. The molecule has 0 bridgehead atoms. The molecule has 0 aliphatic heterocycles. The van der Waals surface area contributed by atoms with E-state index < -0.39 is 5.82 Å². The fourth-order valence-corrected chi connectivity index (χ4v) is 2.90. The van der Waals surface area contributed by atoms with Crippen molar-refractivity contribution in [1.82, 2.24) is 10.2 Å². The maximum Gasteiger partial charge on any atom is 0.277 e. The lowest BCUT2D eigenvalue weighted by Crippen LogP contribution is -2.14. The number of benzene rings is 2. The van der Waals surface area contributed by atoms with E-state index >= 15 is 0 Å². The first-order valence-corrected chi connectivity index (χ1v) is 8.77. The molecule has 3 aromatic rings. The number of carbonyl (C=O) groups is 1. The normalized spacial score (nSPS) is 10.6. The molecule has 1 N–H and O–H groups in total. The molecule has 0 fully saturated rings. The zero-order valence-electron chi connectivity index (χ0n) is 13.5. The molecular weight excluding hydrogens is 381 g/mol. The lowest BCUT2D eigenvalue weighted by Gasteiger charge is -2.07. The molecule has 1 amide bonds. The van der Waals surface area contributed by atoms with E-state index in [1.807, 2.05) is 0 Å². The minimum atomic E-state index is -0.396. The topological polar surface area (TPSA) is 77.2 Å². The van der Waals surface area contributed by atoms with Gasteiger partial charge in [-0.15, -0.1) is 10.2 Å². The number of halogens is 2. The molecule has 0 atom stereocenters. The van der Waals surface area contributed by atoms with Gasteiger partial charge in [0, 0.05) is 11.3 Å². The van der Waals surface area contributed by atoms with Crippen molar-refractivity contribution in [3.8, 4) is 17.2 Å². The van der Waals surface area contributed by atoms with Crippen molar-refractivity contribution >= 4 is 35.0 Å². The molecule has 0 aliphatic rings. The van der Waals surface area contributed by atoms with Gasteiger partial charge in [-0.25, -0.2) is 4.39 Å². The molecular formula is C17H13ClFN3O3S. The van der Waals surface area contributed by atoms with Gasteiger partial charge in [0.25, 0.3) is 5.22 Å². The van der Waals surface area contributed by atoms with Gasteiger partial charge in [0.15, 0.2) is 0 Å². The van der Waals surface area contributed by atoms with Gasteiger partial charge in [-0.1, -0.05) is 29.4 Å². The Bertz CT molecular complexity index is 935. The van der Waals surface area contributed by atoms with Crippen LogP contribution in [0.4, 0.5) is 10.1 Å². The van der Waals surface area contributed by atoms with Gasteiger partial charge in [-0.05, 0) is 36.4 Å². The number of carbonyl (C=O) groups excluding carboxylic acids is 1. The van der Waals surface area contributed by atoms with Crippen molar-refractivity contribution in [3.63, 3.8) is 0 Å². The molecule has 3 rings (SSSR count). The van der Waals surface area contributed by atoms with Crippen molar-refractivity contribution in [2.75, 3.05) is 18.2 Å². The standard InChI is InChI=1S/C17H13ClFN3O3S/c1-24-14-6-5-12(8-13(14)18)20-15(23)9-26-17-22-21-16(25-17)10-3-2-4-11(19)7-10/h2-8H,9H2,1H3,(H,20,23). The van der Waals surface area contributed by atoms with Crippen LogP contribution in [0.1, 0.15) is 0 Å². The molecule has 0 saturated heterocycles. The van der Waals surface area contributed by atoms with Crippen molar-refractivity contribution in [1.29, 1.82) is 0 Å². The van der Waals surface area contributed by atoms with Crippen LogP contribution in [0.5, 0.6) is 5.75 Å². The lowest BCUT2D eigenvalue weighted by atomic mass is 10.2. The Labute approximate surface area is 157 Å². The first kappa shape index (κ1) is 18.2. The number of hydrogen-bond acceptors (Lipinski definition) is 6. The number of methoxy groups -OCH3 is 1. The molecule has 0 unspecified atom stereocenters. The minimum absolute atomic E-state index is 0.0639. The molecule has 0 saturated carbocycles. The lowest BCUT2D eigenvalue weighted by molar-refractivity contribution is -0.113. The second-order valence-corrected chi connectivity index (χ2v) is 6.40. The fraction of sp³-hybridized carbons (Fsp3) is 0.118. The zero-order chi connectivity index (χ0) is 18.5. The molecule has 2 aromatic carbocycles. The van der Waals surface area contributed by atoms with E-state index in [0.717, 1.165) is 11.8 Å². The number of amides is 1. The Morgan fingerprint density at radius 2 is 2.15 bits per heavy atom. The molecule has 0 aliphatic carbocycles. The number of aromatic nitrogens is 2. The summed E-state index contributed by atoms with van der Waals surface area (Å²) in [7, 11) is 1.51. The van der Waals surface area contributed by atoms with Gasteiger partial charge < -0.3 is 14.5 Å². The second kappa shape index (κ2) is 8.20. The highest BCUT2D eigenvalue weighted by atomic mass is 35.5. The van der Waals surface area contributed by atoms with Crippen LogP contribution in [0.25, 0.3) is 11.5 Å². The fourth-order valence-electron chi connectivity index (χ4n) is 2.07. The predicted octanol–water partition coefficient (Wildman–Crippen LogP) is 4.27. The maximum absolute atomic E-state index is 13.2. The van der Waals surface area contributed by atoms with E-state index in [0.29, 0.717) is 22.0 Å². The number of hydrogen-bond donors (Lipinski definition) is 1. The third kappa shape index (κ3) is 4.53. The molecule has 9 heteroatoms. The van der Waals surface area contributed by atoms with Crippen LogP contribution >= 0.6 is 23.4 Å². The summed E-state index contributed by atoms with van der Waals surface area (Å²) in [6, 6.07) is 10.8. The zero-order valence-corrected chi connectivity index (χ0v) is 15.1. The quantitative estimate of drug-likeness (QED) is 0.630. The Hall–Kier alpha value is -2.58. The smallest absolute Gasteiger partial charge is 0.277 e. The number of anilines is 1. The second-order valence-electron chi connectivity index (χ2n) is 5.07. The highest BCUT2D eigenvalue weighted by Gasteiger charge is 2.12. The highest BCUT2D eigenvalue weighted by molar-refractivity contribution is 7.99. The predicted molar refractivity (Wildman–Crippen MR) is 97.0 cm³/mol. The molecule has 1 heterocycles. The summed E-state index contributed by atoms with van der Waals surface area (Å²) in [6.45, 7) is 0.